The summed E-state index contributed by atoms with van der Waals surface area (Å²) >= 11 is 0. The van der Waals surface area contributed by atoms with Gasteiger partial charge in [0.2, 0.25) is 15.8 Å². The fourth-order valence-electron chi connectivity index (χ4n) is 4.41. The number of hydrogen-bond acceptors (Lipinski definition) is 6. The molecule has 1 aliphatic heterocycles. The van der Waals surface area contributed by atoms with E-state index in [4.69, 9.17) is 0 Å². The van der Waals surface area contributed by atoms with Crippen molar-refractivity contribution in [2.75, 3.05) is 6.54 Å². The predicted octanol–water partition coefficient (Wildman–Crippen LogP) is 4.99. The molecule has 4 rings (SSSR count). The number of halogens is 8. The van der Waals surface area contributed by atoms with Gasteiger partial charge in [0.1, 0.15) is 12.0 Å². The molecule has 2 unspecified atom stereocenters. The van der Waals surface area contributed by atoms with Crippen molar-refractivity contribution in [1.82, 2.24) is 24.6 Å². The van der Waals surface area contributed by atoms with E-state index >= 15 is 0 Å². The molecule has 7 nitrogen and oxygen atoms in total. The molecule has 0 radical (unpaired) electrons. The standard InChI is InChI=1S/C24H21F8N5O2S/c1-13-20(26)7-17(37(13)40(38,39)18-4-2-16(25)3-5-18)11-33-8-14-6-21(34-12-19(14)23(27,28)29)15-9-35-22(36-10-15)24(30,31)32/h2-6,9-10,12-13,17,20,33H,7-8,11H2,1H3/t13?,17?,20-/m1/s1. The summed E-state index contributed by atoms with van der Waals surface area (Å²) in [4.78, 5) is 9.79. The van der Waals surface area contributed by atoms with Crippen LogP contribution in [0.25, 0.3) is 11.3 Å². The summed E-state index contributed by atoms with van der Waals surface area (Å²) in [5, 5.41) is 2.73. The summed E-state index contributed by atoms with van der Waals surface area (Å²) in [6, 6.07) is 2.90. The number of alkyl halides is 7. The minimum absolute atomic E-state index is 0.0653. The fourth-order valence-corrected chi connectivity index (χ4v) is 6.25. The van der Waals surface area contributed by atoms with Crippen LogP contribution < -0.4 is 5.32 Å². The van der Waals surface area contributed by atoms with Gasteiger partial charge in [-0.05, 0) is 49.2 Å². The van der Waals surface area contributed by atoms with Crippen LogP contribution in [0.3, 0.4) is 0 Å². The average molecular weight is 596 g/mol. The molecule has 2 aromatic heterocycles. The lowest BCUT2D eigenvalue weighted by molar-refractivity contribution is -0.145. The number of nitrogens with one attached hydrogen (secondary N) is 1. The fraction of sp³-hybridized carbons (Fsp3) is 0.375. The van der Waals surface area contributed by atoms with Crippen molar-refractivity contribution in [3.05, 3.63) is 71.7 Å². The smallest absolute Gasteiger partial charge is 0.311 e. The highest BCUT2D eigenvalue weighted by molar-refractivity contribution is 7.89. The molecular weight excluding hydrogens is 574 g/mol. The van der Waals surface area contributed by atoms with E-state index in [0.717, 1.165) is 47.0 Å². The van der Waals surface area contributed by atoms with Crippen LogP contribution >= 0.6 is 0 Å². The van der Waals surface area contributed by atoms with Gasteiger partial charge in [-0.1, -0.05) is 0 Å². The van der Waals surface area contributed by atoms with Crippen molar-refractivity contribution < 1.29 is 43.5 Å². The molecule has 0 spiro atoms. The Balaban J connectivity index is 1.56. The van der Waals surface area contributed by atoms with Gasteiger partial charge in [0.15, 0.2) is 0 Å². The van der Waals surface area contributed by atoms with Crippen molar-refractivity contribution in [3.8, 4) is 11.3 Å². The topological polar surface area (TPSA) is 88.1 Å². The maximum absolute atomic E-state index is 14.6. The van der Waals surface area contributed by atoms with Gasteiger partial charge in [-0.15, -0.1) is 0 Å². The van der Waals surface area contributed by atoms with E-state index < -0.39 is 64.4 Å². The zero-order valence-corrected chi connectivity index (χ0v) is 21.3. The highest BCUT2D eigenvalue weighted by Crippen LogP contribution is 2.35. The molecule has 1 N–H and O–H groups in total. The Labute approximate surface area is 223 Å². The highest BCUT2D eigenvalue weighted by atomic mass is 32.2. The van der Waals surface area contributed by atoms with Crippen molar-refractivity contribution >= 4 is 10.0 Å². The SMILES string of the molecule is CC1[C@H](F)CC(CNCc2cc(-c3cnc(C(F)(F)F)nc3)ncc2C(F)(F)F)N1S(=O)(=O)c1ccc(F)cc1. The van der Waals surface area contributed by atoms with Gasteiger partial charge in [-0.25, -0.2) is 27.2 Å². The summed E-state index contributed by atoms with van der Waals surface area (Å²) in [7, 11) is -4.27. The van der Waals surface area contributed by atoms with Crippen molar-refractivity contribution in [3.63, 3.8) is 0 Å². The first-order valence-corrected chi connectivity index (χ1v) is 13.1. The minimum atomic E-state index is -4.83. The third kappa shape index (κ3) is 6.23. The number of rotatable bonds is 7. The van der Waals surface area contributed by atoms with Crippen LogP contribution in [0, 0.1) is 5.82 Å². The molecule has 0 amide bonds. The first kappa shape index (κ1) is 29.7. The Bertz CT molecular complexity index is 1450. The van der Waals surface area contributed by atoms with E-state index in [1.165, 1.54) is 6.92 Å². The number of nitrogens with zero attached hydrogens (tertiary/aromatic N) is 4. The monoisotopic (exact) mass is 595 g/mol. The van der Waals surface area contributed by atoms with Gasteiger partial charge in [0.25, 0.3) is 0 Å². The lowest BCUT2D eigenvalue weighted by Crippen LogP contribution is -2.45. The van der Waals surface area contributed by atoms with Gasteiger partial charge in [-0.3, -0.25) is 4.98 Å². The van der Waals surface area contributed by atoms with E-state index in [1.807, 2.05) is 0 Å². The van der Waals surface area contributed by atoms with Gasteiger partial charge < -0.3 is 5.32 Å². The van der Waals surface area contributed by atoms with Crippen LogP contribution in [0.1, 0.15) is 30.3 Å². The summed E-state index contributed by atoms with van der Waals surface area (Å²) in [6.45, 7) is 0.663. The third-order valence-electron chi connectivity index (χ3n) is 6.36. The zero-order chi connectivity index (χ0) is 29.5. The number of sulfonamides is 1. The molecule has 1 aromatic carbocycles. The normalized spacial score (nSPS) is 20.7. The van der Waals surface area contributed by atoms with Crippen molar-refractivity contribution in [2.24, 2.45) is 0 Å². The number of pyridine rings is 1. The third-order valence-corrected chi connectivity index (χ3v) is 8.42. The quantitative estimate of drug-likeness (QED) is 0.387. The van der Waals surface area contributed by atoms with Crippen LogP contribution in [0.4, 0.5) is 35.1 Å². The molecule has 3 aromatic rings. The maximum Gasteiger partial charge on any atom is 0.451 e. The lowest BCUT2D eigenvalue weighted by atomic mass is 10.1. The molecule has 3 atom stereocenters. The summed E-state index contributed by atoms with van der Waals surface area (Å²) in [6.07, 6.45) is -9.35. The Kier molecular flexibility index (Phi) is 8.15. The molecule has 0 aliphatic carbocycles. The van der Waals surface area contributed by atoms with Crippen LogP contribution in [0.2, 0.25) is 0 Å². The second kappa shape index (κ2) is 11.0. The predicted molar refractivity (Wildman–Crippen MR) is 125 cm³/mol. The van der Waals surface area contributed by atoms with Gasteiger partial charge in [0, 0.05) is 43.3 Å². The Morgan fingerprint density at radius 3 is 2.17 bits per heavy atom. The van der Waals surface area contributed by atoms with Crippen LogP contribution in [0.5, 0.6) is 0 Å². The molecule has 216 valence electrons. The Morgan fingerprint density at radius 2 is 1.60 bits per heavy atom. The molecular formula is C24H21F8N5O2S. The number of aromatic nitrogens is 3. The van der Waals surface area contributed by atoms with E-state index in [2.05, 4.69) is 20.3 Å². The molecule has 1 saturated heterocycles. The van der Waals surface area contributed by atoms with Gasteiger partial charge in [0.05, 0.1) is 22.2 Å². The summed E-state index contributed by atoms with van der Waals surface area (Å²) in [5.41, 5.74) is -1.66. The van der Waals surface area contributed by atoms with Crippen LogP contribution in [0.15, 0.2) is 53.8 Å². The first-order chi connectivity index (χ1) is 18.6. The van der Waals surface area contributed by atoms with E-state index in [1.54, 1.807) is 0 Å². The van der Waals surface area contributed by atoms with E-state index in [0.29, 0.717) is 6.20 Å². The average Bonchev–Trinajstić information content (AvgIpc) is 3.16. The second-order valence-electron chi connectivity index (χ2n) is 9.08. The molecule has 0 saturated carbocycles. The highest BCUT2D eigenvalue weighted by Gasteiger charge is 2.46. The summed E-state index contributed by atoms with van der Waals surface area (Å²) < 4.78 is 134. The minimum Gasteiger partial charge on any atom is -0.311 e. The lowest BCUT2D eigenvalue weighted by Gasteiger charge is -2.28. The van der Waals surface area contributed by atoms with Crippen LogP contribution in [-0.4, -0.2) is 52.5 Å². The van der Waals surface area contributed by atoms with Crippen molar-refractivity contribution in [2.45, 2.75) is 55.4 Å². The number of hydrogen-bond donors (Lipinski definition) is 1. The maximum atomic E-state index is 14.6. The molecule has 40 heavy (non-hydrogen) atoms. The molecule has 16 heteroatoms. The van der Waals surface area contributed by atoms with E-state index in [9.17, 15) is 43.5 Å². The molecule has 1 aliphatic rings. The second-order valence-corrected chi connectivity index (χ2v) is 10.9. The Hall–Kier alpha value is -3.24. The van der Waals surface area contributed by atoms with Crippen LogP contribution in [-0.2, 0) is 28.9 Å². The molecule has 0 bridgehead atoms. The molecule has 1 fully saturated rings. The van der Waals surface area contributed by atoms with E-state index in [-0.39, 0.29) is 34.7 Å². The zero-order valence-electron chi connectivity index (χ0n) is 20.5. The van der Waals surface area contributed by atoms with Crippen molar-refractivity contribution in [1.29, 1.82) is 0 Å². The van der Waals surface area contributed by atoms with Gasteiger partial charge >= 0.3 is 12.4 Å². The number of benzene rings is 1. The van der Waals surface area contributed by atoms with Gasteiger partial charge in [-0.2, -0.15) is 30.6 Å². The summed E-state index contributed by atoms with van der Waals surface area (Å²) in [5.74, 6) is -2.10. The largest absolute Gasteiger partial charge is 0.451 e. The molecule has 3 heterocycles. The first-order valence-electron chi connectivity index (χ1n) is 11.7. The Morgan fingerprint density at radius 1 is 0.975 bits per heavy atom.